The van der Waals surface area contributed by atoms with E-state index in [1.807, 2.05) is 27.7 Å². The van der Waals surface area contributed by atoms with E-state index in [2.05, 4.69) is 15.9 Å². The fourth-order valence-electron chi connectivity index (χ4n) is 1.80. The summed E-state index contributed by atoms with van der Waals surface area (Å²) in [5.41, 5.74) is -0.0135. The lowest BCUT2D eigenvalue weighted by Crippen LogP contribution is -2.37. The Labute approximate surface area is 144 Å². The number of halogens is 3. The van der Waals surface area contributed by atoms with Gasteiger partial charge in [-0.05, 0) is 60.8 Å². The van der Waals surface area contributed by atoms with E-state index in [-0.39, 0.29) is 6.54 Å². The zero-order chi connectivity index (χ0) is 16.9. The first kappa shape index (κ1) is 19.2. The molecule has 22 heavy (non-hydrogen) atoms. The first-order valence-corrected chi connectivity index (χ1v) is 8.42. The molecule has 124 valence electrons. The number of rotatable bonds is 5. The lowest BCUT2D eigenvalue weighted by molar-refractivity contribution is 0.0231. The molecular formula is C16H22BrClFNO2. The molecule has 1 rings (SSSR count). The maximum atomic E-state index is 13.7. The van der Waals surface area contributed by atoms with Crippen molar-refractivity contribution in [1.29, 1.82) is 0 Å². The summed E-state index contributed by atoms with van der Waals surface area (Å²) in [6.07, 6.45) is 1.37. The Hall–Kier alpha value is -0.810. The van der Waals surface area contributed by atoms with Crippen LogP contribution in [0, 0.1) is 5.82 Å². The standard InChI is InChI=1S/C16H22BrClFNO2/c1-5-6-7-20(15(21)22-16(2,3)4)10-11-8-14(19)12(17)9-13(11)18/h8-9H,5-7,10H2,1-4H3. The van der Waals surface area contributed by atoms with Gasteiger partial charge in [0.1, 0.15) is 11.4 Å². The monoisotopic (exact) mass is 393 g/mol. The molecule has 1 aromatic carbocycles. The molecule has 0 N–H and O–H groups in total. The van der Waals surface area contributed by atoms with Gasteiger partial charge in [-0.2, -0.15) is 0 Å². The lowest BCUT2D eigenvalue weighted by Gasteiger charge is -2.27. The van der Waals surface area contributed by atoms with Crippen molar-refractivity contribution in [2.75, 3.05) is 6.54 Å². The van der Waals surface area contributed by atoms with Crippen LogP contribution in [-0.4, -0.2) is 23.1 Å². The van der Waals surface area contributed by atoms with Crippen LogP contribution in [0.4, 0.5) is 9.18 Å². The van der Waals surface area contributed by atoms with E-state index in [4.69, 9.17) is 16.3 Å². The molecule has 1 aromatic rings. The molecule has 6 heteroatoms. The molecule has 0 atom stereocenters. The van der Waals surface area contributed by atoms with Gasteiger partial charge in [0.2, 0.25) is 0 Å². The Morgan fingerprint density at radius 1 is 1.41 bits per heavy atom. The first-order valence-electron chi connectivity index (χ1n) is 7.25. The van der Waals surface area contributed by atoms with Crippen LogP contribution in [0.3, 0.4) is 0 Å². The predicted molar refractivity (Wildman–Crippen MR) is 90.7 cm³/mol. The van der Waals surface area contributed by atoms with Crippen molar-refractivity contribution in [3.05, 3.63) is 33.0 Å². The van der Waals surface area contributed by atoms with E-state index in [0.29, 0.717) is 21.6 Å². The van der Waals surface area contributed by atoms with Crippen molar-refractivity contribution in [1.82, 2.24) is 4.90 Å². The molecule has 0 bridgehead atoms. The van der Waals surface area contributed by atoms with Crippen LogP contribution in [-0.2, 0) is 11.3 Å². The molecule has 0 heterocycles. The summed E-state index contributed by atoms with van der Waals surface area (Å²) in [6.45, 7) is 8.25. The summed E-state index contributed by atoms with van der Waals surface area (Å²) in [5.74, 6) is -0.404. The van der Waals surface area contributed by atoms with E-state index in [1.165, 1.54) is 12.1 Å². The normalized spacial score (nSPS) is 11.4. The minimum absolute atomic E-state index is 0.220. The van der Waals surface area contributed by atoms with E-state index in [0.717, 1.165) is 12.8 Å². The van der Waals surface area contributed by atoms with E-state index in [9.17, 15) is 9.18 Å². The van der Waals surface area contributed by atoms with Gasteiger partial charge in [-0.3, -0.25) is 0 Å². The van der Waals surface area contributed by atoms with Gasteiger partial charge in [-0.1, -0.05) is 24.9 Å². The maximum Gasteiger partial charge on any atom is 0.410 e. The Kier molecular flexibility index (Phi) is 7.13. The SMILES string of the molecule is CCCCN(Cc1cc(F)c(Br)cc1Cl)C(=O)OC(C)(C)C. The van der Waals surface area contributed by atoms with Gasteiger partial charge in [0.15, 0.2) is 0 Å². The van der Waals surface area contributed by atoms with Crippen molar-refractivity contribution in [3.63, 3.8) is 0 Å². The second kappa shape index (κ2) is 8.16. The fraction of sp³-hybridized carbons (Fsp3) is 0.562. The molecule has 0 unspecified atom stereocenters. The van der Waals surface area contributed by atoms with Gasteiger partial charge >= 0.3 is 6.09 Å². The minimum Gasteiger partial charge on any atom is -0.444 e. The van der Waals surface area contributed by atoms with Gasteiger partial charge in [0.05, 0.1) is 11.0 Å². The highest BCUT2D eigenvalue weighted by atomic mass is 79.9. The second-order valence-electron chi connectivity index (χ2n) is 6.11. The molecule has 0 saturated heterocycles. The lowest BCUT2D eigenvalue weighted by atomic mass is 10.2. The molecule has 0 saturated carbocycles. The zero-order valence-corrected chi connectivity index (χ0v) is 15.7. The van der Waals surface area contributed by atoms with Crippen LogP contribution in [0.1, 0.15) is 46.1 Å². The number of ether oxygens (including phenoxy) is 1. The second-order valence-corrected chi connectivity index (χ2v) is 7.37. The van der Waals surface area contributed by atoms with Crippen molar-refractivity contribution < 1.29 is 13.9 Å². The number of hydrogen-bond acceptors (Lipinski definition) is 2. The third-order valence-electron chi connectivity index (χ3n) is 2.88. The minimum atomic E-state index is -0.573. The largest absolute Gasteiger partial charge is 0.444 e. The molecule has 0 aliphatic carbocycles. The summed E-state index contributed by atoms with van der Waals surface area (Å²) < 4.78 is 19.4. The van der Waals surface area contributed by atoms with Gasteiger partial charge in [0.25, 0.3) is 0 Å². The highest BCUT2D eigenvalue weighted by molar-refractivity contribution is 9.10. The van der Waals surface area contributed by atoms with Crippen molar-refractivity contribution in [2.24, 2.45) is 0 Å². The number of nitrogens with zero attached hydrogens (tertiary/aromatic N) is 1. The fourth-order valence-corrected chi connectivity index (χ4v) is 2.50. The Morgan fingerprint density at radius 3 is 2.59 bits per heavy atom. The summed E-state index contributed by atoms with van der Waals surface area (Å²) >= 11 is 9.23. The smallest absolute Gasteiger partial charge is 0.410 e. The van der Waals surface area contributed by atoms with Crippen molar-refractivity contribution >= 4 is 33.6 Å². The van der Waals surface area contributed by atoms with Crippen molar-refractivity contribution in [2.45, 2.75) is 52.7 Å². The van der Waals surface area contributed by atoms with E-state index in [1.54, 1.807) is 4.90 Å². The molecule has 1 amide bonds. The van der Waals surface area contributed by atoms with E-state index >= 15 is 0 Å². The molecule has 0 radical (unpaired) electrons. The van der Waals surface area contributed by atoms with Gasteiger partial charge in [-0.25, -0.2) is 9.18 Å². The number of benzene rings is 1. The highest BCUT2D eigenvalue weighted by Crippen LogP contribution is 2.26. The van der Waals surface area contributed by atoms with Crippen molar-refractivity contribution in [3.8, 4) is 0 Å². The molecular weight excluding hydrogens is 373 g/mol. The molecule has 0 aliphatic rings. The first-order chi connectivity index (χ1) is 10.1. The highest BCUT2D eigenvalue weighted by Gasteiger charge is 2.23. The molecule has 0 spiro atoms. The topological polar surface area (TPSA) is 29.5 Å². The molecule has 3 nitrogen and oxygen atoms in total. The molecule has 0 aromatic heterocycles. The summed E-state index contributed by atoms with van der Waals surface area (Å²) in [7, 11) is 0. The van der Waals surface area contributed by atoms with Crippen LogP contribution in [0.15, 0.2) is 16.6 Å². The number of carbonyl (C=O) groups excluding carboxylic acids is 1. The van der Waals surface area contributed by atoms with Crippen LogP contribution < -0.4 is 0 Å². The van der Waals surface area contributed by atoms with Gasteiger partial charge < -0.3 is 9.64 Å². The average Bonchev–Trinajstić information content (AvgIpc) is 2.38. The van der Waals surface area contributed by atoms with Crippen LogP contribution >= 0.6 is 27.5 Å². The number of amides is 1. The van der Waals surface area contributed by atoms with Crippen LogP contribution in [0.5, 0.6) is 0 Å². The third kappa shape index (κ3) is 6.13. The van der Waals surface area contributed by atoms with Crippen LogP contribution in [0.25, 0.3) is 0 Å². The average molecular weight is 395 g/mol. The molecule has 0 fully saturated rings. The predicted octanol–water partition coefficient (Wildman–Crippen LogP) is 5.78. The Morgan fingerprint density at radius 2 is 2.05 bits per heavy atom. The summed E-state index contributed by atoms with van der Waals surface area (Å²) in [5, 5.41) is 0.415. The van der Waals surface area contributed by atoms with Gasteiger partial charge in [-0.15, -0.1) is 0 Å². The number of carbonyl (C=O) groups is 1. The van der Waals surface area contributed by atoms with Gasteiger partial charge in [0, 0.05) is 11.6 Å². The summed E-state index contributed by atoms with van der Waals surface area (Å²) in [4.78, 5) is 13.8. The van der Waals surface area contributed by atoms with E-state index < -0.39 is 17.5 Å². The number of unbranched alkanes of at least 4 members (excludes halogenated alkanes) is 1. The Balaban J connectivity index is 2.94. The Bertz CT molecular complexity index is 532. The zero-order valence-electron chi connectivity index (χ0n) is 13.4. The quantitative estimate of drug-likeness (QED) is 0.592. The maximum absolute atomic E-state index is 13.7. The van der Waals surface area contributed by atoms with Crippen LogP contribution in [0.2, 0.25) is 5.02 Å². The summed E-state index contributed by atoms with van der Waals surface area (Å²) in [6, 6.07) is 2.84. The number of hydrogen-bond donors (Lipinski definition) is 0. The third-order valence-corrected chi connectivity index (χ3v) is 3.84. The molecule has 0 aliphatic heterocycles.